The van der Waals surface area contributed by atoms with E-state index in [1.807, 2.05) is 13.8 Å². The molecule has 10 heteroatoms. The number of aliphatic hydroxyl groups is 1. The number of aliphatic hydroxyl groups excluding tert-OH is 1. The van der Waals surface area contributed by atoms with Crippen LogP contribution in [0.2, 0.25) is 0 Å². The highest BCUT2D eigenvalue weighted by molar-refractivity contribution is 7.92. The predicted octanol–water partition coefficient (Wildman–Crippen LogP) is 2.90. The largest absolute Gasteiger partial charge is 0.481 e. The molecule has 1 heterocycles. The molecule has 0 saturated heterocycles. The third kappa shape index (κ3) is 6.31. The number of aliphatic carboxylic acids is 1. The van der Waals surface area contributed by atoms with Gasteiger partial charge in [-0.1, -0.05) is 26.0 Å². The Kier molecular flexibility index (Phi) is 7.85. The molecule has 0 fully saturated rings. The van der Waals surface area contributed by atoms with Crippen LogP contribution < -0.4 is 4.31 Å². The Bertz CT molecular complexity index is 1070. The summed E-state index contributed by atoms with van der Waals surface area (Å²) in [5, 5.41) is 18.5. The van der Waals surface area contributed by atoms with Crippen LogP contribution >= 0.6 is 0 Å². The van der Waals surface area contributed by atoms with Crippen molar-refractivity contribution in [3.8, 4) is 11.3 Å². The molecule has 0 bridgehead atoms. The molecule has 1 aromatic heterocycles. The summed E-state index contributed by atoms with van der Waals surface area (Å²) in [6.07, 6.45) is 3.97. The molecule has 31 heavy (non-hydrogen) atoms. The first-order valence-electron chi connectivity index (χ1n) is 9.56. The van der Waals surface area contributed by atoms with E-state index < -0.39 is 27.7 Å². The van der Waals surface area contributed by atoms with Crippen LogP contribution in [-0.4, -0.2) is 54.5 Å². The summed E-state index contributed by atoms with van der Waals surface area (Å²) in [6.45, 7) is 3.39. The molecule has 168 valence electrons. The van der Waals surface area contributed by atoms with Crippen molar-refractivity contribution < 1.29 is 27.8 Å². The number of aromatic nitrogens is 2. The molecule has 0 spiro atoms. The maximum atomic E-state index is 13.5. The fourth-order valence-electron chi connectivity index (χ4n) is 2.85. The number of rotatable bonds is 9. The third-order valence-electron chi connectivity index (χ3n) is 4.61. The van der Waals surface area contributed by atoms with Crippen LogP contribution in [0, 0.1) is 11.7 Å². The molecule has 8 nitrogen and oxygen atoms in total. The molecule has 0 aliphatic carbocycles. The normalized spacial score (nSPS) is 13.0. The molecular weight excluding hydrogens is 425 g/mol. The zero-order valence-corrected chi connectivity index (χ0v) is 18.6. The topological polar surface area (TPSA) is 121 Å². The molecule has 0 aliphatic rings. The van der Waals surface area contributed by atoms with Crippen LogP contribution in [0.4, 0.5) is 10.3 Å². The van der Waals surface area contributed by atoms with E-state index in [2.05, 4.69) is 9.97 Å². The van der Waals surface area contributed by atoms with E-state index in [0.717, 1.165) is 10.6 Å². The van der Waals surface area contributed by atoms with Crippen molar-refractivity contribution in [2.45, 2.75) is 26.2 Å². The molecule has 0 amide bonds. The van der Waals surface area contributed by atoms with Crippen molar-refractivity contribution in [2.75, 3.05) is 24.2 Å². The van der Waals surface area contributed by atoms with Gasteiger partial charge in [0.25, 0.3) is 0 Å². The lowest BCUT2D eigenvalue weighted by atomic mass is 9.96. The van der Waals surface area contributed by atoms with Gasteiger partial charge in [-0.3, -0.25) is 4.79 Å². The first kappa shape index (κ1) is 24.4. The van der Waals surface area contributed by atoms with E-state index in [9.17, 15) is 22.7 Å². The highest BCUT2D eigenvalue weighted by Gasteiger charge is 2.22. The zero-order chi connectivity index (χ0) is 23.3. The Morgan fingerprint density at radius 1 is 1.23 bits per heavy atom. The minimum Gasteiger partial charge on any atom is -0.481 e. The highest BCUT2D eigenvalue weighted by atomic mass is 32.2. The molecular formula is C21H26FN3O5S. The van der Waals surface area contributed by atoms with Gasteiger partial charge in [0.05, 0.1) is 24.1 Å². The molecule has 1 unspecified atom stereocenters. The summed E-state index contributed by atoms with van der Waals surface area (Å²) in [5.41, 5.74) is 1.97. The zero-order valence-electron chi connectivity index (χ0n) is 17.8. The van der Waals surface area contributed by atoms with Gasteiger partial charge in [-0.05, 0) is 30.2 Å². The van der Waals surface area contributed by atoms with Crippen molar-refractivity contribution in [3.05, 3.63) is 47.4 Å². The van der Waals surface area contributed by atoms with Crippen LogP contribution in [0.5, 0.6) is 0 Å². The van der Waals surface area contributed by atoms with Crippen molar-refractivity contribution >= 4 is 28.0 Å². The maximum Gasteiger partial charge on any atom is 0.304 e. The van der Waals surface area contributed by atoms with Crippen molar-refractivity contribution in [1.29, 1.82) is 0 Å². The number of nitrogens with zero attached hydrogens (tertiary/aromatic N) is 3. The number of carbonyl (C=O) groups is 1. The molecule has 0 saturated carbocycles. The molecule has 1 aromatic carbocycles. The number of carboxylic acid groups (broad SMARTS) is 1. The number of hydrogen-bond acceptors (Lipinski definition) is 6. The Balaban J connectivity index is 2.76. The smallest absolute Gasteiger partial charge is 0.304 e. The average molecular weight is 452 g/mol. The quantitative estimate of drug-likeness (QED) is 0.601. The summed E-state index contributed by atoms with van der Waals surface area (Å²) < 4.78 is 38.5. The molecule has 2 rings (SSSR count). The lowest BCUT2D eigenvalue weighted by Gasteiger charge is -2.20. The van der Waals surface area contributed by atoms with Gasteiger partial charge in [-0.25, -0.2) is 27.1 Å². The average Bonchev–Trinajstić information content (AvgIpc) is 2.69. The van der Waals surface area contributed by atoms with Crippen molar-refractivity contribution in [3.63, 3.8) is 0 Å². The second-order valence-electron chi connectivity index (χ2n) is 7.46. The van der Waals surface area contributed by atoms with Gasteiger partial charge in [0, 0.05) is 30.7 Å². The van der Waals surface area contributed by atoms with Crippen molar-refractivity contribution in [2.24, 2.45) is 5.92 Å². The fourth-order valence-corrected chi connectivity index (χ4v) is 3.22. The molecule has 0 aliphatic heterocycles. The Labute approximate surface area is 181 Å². The number of carboxylic acids is 1. The number of anilines is 1. The van der Waals surface area contributed by atoms with Gasteiger partial charge >= 0.3 is 5.97 Å². The molecule has 2 aromatic rings. The van der Waals surface area contributed by atoms with Crippen molar-refractivity contribution in [1.82, 2.24) is 9.97 Å². The number of hydrogen-bond donors (Lipinski definition) is 2. The first-order valence-corrected chi connectivity index (χ1v) is 11.4. The second-order valence-corrected chi connectivity index (χ2v) is 9.48. The minimum atomic E-state index is -3.63. The van der Waals surface area contributed by atoms with Gasteiger partial charge in [0.2, 0.25) is 16.0 Å². The second kappa shape index (κ2) is 9.97. The summed E-state index contributed by atoms with van der Waals surface area (Å²) >= 11 is 0. The molecule has 2 N–H and O–H groups in total. The van der Waals surface area contributed by atoms with Crippen LogP contribution in [0.15, 0.2) is 30.3 Å². The van der Waals surface area contributed by atoms with E-state index in [4.69, 9.17) is 5.11 Å². The Morgan fingerprint density at radius 3 is 2.32 bits per heavy atom. The van der Waals surface area contributed by atoms with E-state index in [1.165, 1.54) is 31.3 Å². The fraction of sp³-hybridized carbons (Fsp3) is 0.381. The van der Waals surface area contributed by atoms with Crippen LogP contribution in [0.1, 0.15) is 37.4 Å². The Morgan fingerprint density at radius 2 is 1.84 bits per heavy atom. The predicted molar refractivity (Wildman–Crippen MR) is 117 cm³/mol. The number of halogens is 1. The SMILES string of the molecule is CC(C)c1nc(N(C)S(C)(=O)=O)nc(-c2ccc(F)cc2)c1/C=C/C(CO)CC(=O)O. The third-order valence-corrected chi connectivity index (χ3v) is 5.77. The van der Waals surface area contributed by atoms with E-state index in [1.54, 1.807) is 12.2 Å². The van der Waals surface area contributed by atoms with Gasteiger partial charge in [0.1, 0.15) is 5.82 Å². The number of benzene rings is 1. The van der Waals surface area contributed by atoms with Gasteiger partial charge in [-0.2, -0.15) is 0 Å². The van der Waals surface area contributed by atoms with Gasteiger partial charge in [-0.15, -0.1) is 0 Å². The molecule has 1 atom stereocenters. The van der Waals surface area contributed by atoms with Gasteiger partial charge < -0.3 is 10.2 Å². The summed E-state index contributed by atoms with van der Waals surface area (Å²) in [7, 11) is -2.29. The summed E-state index contributed by atoms with van der Waals surface area (Å²) in [4.78, 5) is 19.9. The van der Waals surface area contributed by atoms with E-state index in [-0.39, 0.29) is 24.9 Å². The first-order chi connectivity index (χ1) is 14.4. The summed E-state index contributed by atoms with van der Waals surface area (Å²) in [5.74, 6) is -2.29. The standard InChI is InChI=1S/C21H26FN3O5S/c1-13(2)19-17(10-5-14(12-26)11-18(27)28)20(15-6-8-16(22)9-7-15)24-21(23-19)25(3)31(4,29)30/h5-10,13-14,26H,11-12H2,1-4H3,(H,27,28)/b10-5+. The monoisotopic (exact) mass is 451 g/mol. The van der Waals surface area contributed by atoms with Crippen LogP contribution in [0.25, 0.3) is 17.3 Å². The lowest BCUT2D eigenvalue weighted by molar-refractivity contribution is -0.138. The summed E-state index contributed by atoms with van der Waals surface area (Å²) in [6, 6.07) is 5.57. The maximum absolute atomic E-state index is 13.5. The van der Waals surface area contributed by atoms with E-state index >= 15 is 0 Å². The molecule has 0 radical (unpaired) electrons. The van der Waals surface area contributed by atoms with E-state index in [0.29, 0.717) is 22.5 Å². The minimum absolute atomic E-state index is 0.0353. The lowest BCUT2D eigenvalue weighted by Crippen LogP contribution is -2.27. The number of sulfonamides is 1. The van der Waals surface area contributed by atoms with Crippen LogP contribution in [0.3, 0.4) is 0 Å². The van der Waals surface area contributed by atoms with Crippen LogP contribution in [-0.2, 0) is 14.8 Å². The highest BCUT2D eigenvalue weighted by Crippen LogP contribution is 2.32. The van der Waals surface area contributed by atoms with Gasteiger partial charge in [0.15, 0.2) is 0 Å². The Hall–Kier alpha value is -2.85.